The molecule has 13 heavy (non-hydrogen) atoms. The lowest BCUT2D eigenvalue weighted by atomic mass is 10.1. The van der Waals surface area contributed by atoms with Crippen molar-refractivity contribution in [3.05, 3.63) is 29.1 Å². The number of carbonyl (C=O) groups is 1. The second-order valence-electron chi connectivity index (χ2n) is 2.64. The number of nitrogens with two attached hydrogens (primary N) is 1. The van der Waals surface area contributed by atoms with E-state index in [0.717, 1.165) is 5.56 Å². The number of aryl methyl sites for hydroxylation is 1. The third kappa shape index (κ3) is 1.83. The molecule has 2 nitrogen and oxygen atoms in total. The maximum Gasteiger partial charge on any atom is 0.251 e. The summed E-state index contributed by atoms with van der Waals surface area (Å²) in [6.07, 6.45) is 1.76. The van der Waals surface area contributed by atoms with Crippen LogP contribution >= 0.6 is 11.8 Å². The molecule has 0 spiro atoms. The van der Waals surface area contributed by atoms with Crippen molar-refractivity contribution in [2.45, 2.75) is 11.8 Å². The minimum atomic E-state index is -0.729. The van der Waals surface area contributed by atoms with Gasteiger partial charge in [0.15, 0.2) is 0 Å². The van der Waals surface area contributed by atoms with Gasteiger partial charge < -0.3 is 5.73 Å². The average Bonchev–Trinajstić information content (AvgIpc) is 2.04. The van der Waals surface area contributed by atoms with Gasteiger partial charge in [-0.15, -0.1) is 11.8 Å². The summed E-state index contributed by atoms with van der Waals surface area (Å²) in [5.74, 6) is -1.24. The van der Waals surface area contributed by atoms with Crippen molar-refractivity contribution in [3.63, 3.8) is 0 Å². The molecule has 1 aromatic rings. The number of thioether (sulfide) groups is 1. The van der Waals surface area contributed by atoms with E-state index in [-0.39, 0.29) is 5.56 Å². The zero-order valence-electron chi connectivity index (χ0n) is 7.43. The Bertz CT molecular complexity index is 352. The molecule has 0 saturated heterocycles. The second kappa shape index (κ2) is 3.79. The van der Waals surface area contributed by atoms with Crippen molar-refractivity contribution < 1.29 is 9.18 Å². The lowest BCUT2D eigenvalue weighted by molar-refractivity contribution is 0.0996. The van der Waals surface area contributed by atoms with Gasteiger partial charge in [0.1, 0.15) is 5.82 Å². The molecule has 70 valence electrons. The van der Waals surface area contributed by atoms with Gasteiger partial charge in [-0.25, -0.2) is 4.39 Å². The van der Waals surface area contributed by atoms with Crippen molar-refractivity contribution in [2.75, 3.05) is 6.26 Å². The molecule has 2 N–H and O–H groups in total. The molecule has 0 aromatic heterocycles. The number of halogens is 1. The average molecular weight is 199 g/mol. The fourth-order valence-corrected chi connectivity index (χ4v) is 1.77. The van der Waals surface area contributed by atoms with E-state index in [0.29, 0.717) is 4.90 Å². The molecule has 1 rings (SSSR count). The Labute approximate surface area is 80.3 Å². The van der Waals surface area contributed by atoms with Gasteiger partial charge >= 0.3 is 0 Å². The van der Waals surface area contributed by atoms with Gasteiger partial charge in [-0.1, -0.05) is 6.07 Å². The Kier molecular flexibility index (Phi) is 2.93. The maximum atomic E-state index is 13.5. The Morgan fingerprint density at radius 3 is 2.62 bits per heavy atom. The van der Waals surface area contributed by atoms with Crippen molar-refractivity contribution >= 4 is 17.7 Å². The zero-order chi connectivity index (χ0) is 10.0. The molecule has 0 atom stereocenters. The number of carbonyl (C=O) groups excluding carboxylic acids is 1. The minimum absolute atomic E-state index is 0.0463. The molecule has 0 aliphatic carbocycles. The lowest BCUT2D eigenvalue weighted by Crippen LogP contribution is -2.13. The van der Waals surface area contributed by atoms with Crippen LogP contribution in [0.3, 0.4) is 0 Å². The van der Waals surface area contributed by atoms with E-state index in [1.54, 1.807) is 19.2 Å². The number of rotatable bonds is 2. The summed E-state index contributed by atoms with van der Waals surface area (Å²) in [6.45, 7) is 1.79. The van der Waals surface area contributed by atoms with Crippen LogP contribution in [0, 0.1) is 12.7 Å². The van der Waals surface area contributed by atoms with Crippen LogP contribution in [-0.4, -0.2) is 12.2 Å². The van der Waals surface area contributed by atoms with Crippen LogP contribution in [0.25, 0.3) is 0 Å². The largest absolute Gasteiger partial charge is 0.366 e. The highest BCUT2D eigenvalue weighted by molar-refractivity contribution is 7.98. The summed E-state index contributed by atoms with van der Waals surface area (Å²) in [5, 5.41) is 0. The minimum Gasteiger partial charge on any atom is -0.366 e. The predicted octanol–water partition coefficient (Wildman–Crippen LogP) is 1.95. The standard InChI is InChI=1S/C9H10FNOS/c1-5-3-4-6(9(11)12)7(10)8(5)13-2/h3-4H,1-2H3,(H2,11,12). The van der Waals surface area contributed by atoms with E-state index in [2.05, 4.69) is 0 Å². The van der Waals surface area contributed by atoms with Crippen LogP contribution in [-0.2, 0) is 0 Å². The summed E-state index contributed by atoms with van der Waals surface area (Å²) in [5.41, 5.74) is 5.77. The lowest BCUT2D eigenvalue weighted by Gasteiger charge is -2.06. The first-order valence-corrected chi connectivity index (χ1v) is 4.93. The van der Waals surface area contributed by atoms with E-state index < -0.39 is 11.7 Å². The third-order valence-corrected chi connectivity index (χ3v) is 2.67. The SMILES string of the molecule is CSc1c(C)ccc(C(N)=O)c1F. The first-order chi connectivity index (χ1) is 6.07. The van der Waals surface area contributed by atoms with Crippen LogP contribution in [0.15, 0.2) is 17.0 Å². The van der Waals surface area contributed by atoms with Crippen LogP contribution < -0.4 is 5.73 Å². The number of primary amides is 1. The molecule has 0 heterocycles. The van der Waals surface area contributed by atoms with Gasteiger partial charge in [-0.05, 0) is 24.8 Å². The molecule has 0 bridgehead atoms. The van der Waals surface area contributed by atoms with Crippen LogP contribution in [0.4, 0.5) is 4.39 Å². The van der Waals surface area contributed by atoms with Crippen molar-refractivity contribution in [2.24, 2.45) is 5.73 Å². The van der Waals surface area contributed by atoms with E-state index in [4.69, 9.17) is 5.73 Å². The van der Waals surface area contributed by atoms with E-state index in [1.165, 1.54) is 17.8 Å². The zero-order valence-corrected chi connectivity index (χ0v) is 8.24. The monoisotopic (exact) mass is 199 g/mol. The molecule has 0 aliphatic heterocycles. The normalized spacial score (nSPS) is 10.1. The predicted molar refractivity (Wildman–Crippen MR) is 51.4 cm³/mol. The quantitative estimate of drug-likeness (QED) is 0.740. The Morgan fingerprint density at radius 1 is 1.54 bits per heavy atom. The van der Waals surface area contributed by atoms with Crippen molar-refractivity contribution in [1.82, 2.24) is 0 Å². The Balaban J connectivity index is 3.35. The number of amides is 1. The highest BCUT2D eigenvalue weighted by Gasteiger charge is 2.13. The van der Waals surface area contributed by atoms with Crippen molar-refractivity contribution in [1.29, 1.82) is 0 Å². The molecule has 0 aliphatic rings. The topological polar surface area (TPSA) is 43.1 Å². The molecule has 0 unspecified atom stereocenters. The van der Waals surface area contributed by atoms with E-state index in [9.17, 15) is 9.18 Å². The van der Waals surface area contributed by atoms with Gasteiger partial charge in [-0.3, -0.25) is 4.79 Å². The highest BCUT2D eigenvalue weighted by atomic mass is 32.2. The van der Waals surface area contributed by atoms with Gasteiger partial charge in [0, 0.05) is 4.90 Å². The fourth-order valence-electron chi connectivity index (χ4n) is 1.09. The molecule has 1 amide bonds. The maximum absolute atomic E-state index is 13.5. The molecule has 0 saturated carbocycles. The first kappa shape index (κ1) is 10.1. The summed E-state index contributed by atoms with van der Waals surface area (Å²) in [6, 6.07) is 3.10. The third-order valence-electron chi connectivity index (χ3n) is 1.76. The van der Waals surface area contributed by atoms with Gasteiger partial charge in [0.25, 0.3) is 5.91 Å². The highest BCUT2D eigenvalue weighted by Crippen LogP contribution is 2.25. The molecule has 0 fully saturated rings. The summed E-state index contributed by atoms with van der Waals surface area (Å²) >= 11 is 1.27. The van der Waals surface area contributed by atoms with E-state index >= 15 is 0 Å². The molecule has 4 heteroatoms. The summed E-state index contributed by atoms with van der Waals surface area (Å²) in [4.78, 5) is 11.3. The van der Waals surface area contributed by atoms with Crippen LogP contribution in [0.5, 0.6) is 0 Å². The van der Waals surface area contributed by atoms with Crippen LogP contribution in [0.2, 0.25) is 0 Å². The Morgan fingerprint density at radius 2 is 2.15 bits per heavy atom. The summed E-state index contributed by atoms with van der Waals surface area (Å²) < 4.78 is 13.5. The molecule has 0 radical (unpaired) electrons. The van der Waals surface area contributed by atoms with Gasteiger partial charge in [0.05, 0.1) is 5.56 Å². The summed E-state index contributed by atoms with van der Waals surface area (Å²) in [7, 11) is 0. The number of benzene rings is 1. The second-order valence-corrected chi connectivity index (χ2v) is 3.46. The van der Waals surface area contributed by atoms with Crippen LogP contribution in [0.1, 0.15) is 15.9 Å². The van der Waals surface area contributed by atoms with Gasteiger partial charge in [-0.2, -0.15) is 0 Å². The fraction of sp³-hybridized carbons (Fsp3) is 0.222. The number of hydrogen-bond acceptors (Lipinski definition) is 2. The Hall–Kier alpha value is -1.03. The van der Waals surface area contributed by atoms with Gasteiger partial charge in [0.2, 0.25) is 0 Å². The molecular weight excluding hydrogens is 189 g/mol. The smallest absolute Gasteiger partial charge is 0.251 e. The first-order valence-electron chi connectivity index (χ1n) is 3.70. The molecular formula is C9H10FNOS. The molecule has 1 aromatic carbocycles. The number of hydrogen-bond donors (Lipinski definition) is 1. The van der Waals surface area contributed by atoms with E-state index in [1.807, 2.05) is 0 Å². The van der Waals surface area contributed by atoms with Crippen molar-refractivity contribution in [3.8, 4) is 0 Å².